The lowest BCUT2D eigenvalue weighted by Crippen LogP contribution is -2.22. The summed E-state index contributed by atoms with van der Waals surface area (Å²) in [6.45, 7) is 4.14. The van der Waals surface area contributed by atoms with Crippen molar-refractivity contribution in [1.82, 2.24) is 10.1 Å². The van der Waals surface area contributed by atoms with Gasteiger partial charge in [-0.05, 0) is 43.5 Å². The molecule has 0 N–H and O–H groups in total. The smallest absolute Gasteiger partial charge is 0.154 e. The molecule has 1 aliphatic heterocycles. The van der Waals surface area contributed by atoms with Crippen LogP contribution in [0.25, 0.3) is 0 Å². The Bertz CT molecular complexity index is 564. The highest BCUT2D eigenvalue weighted by Gasteiger charge is 2.29. The van der Waals surface area contributed by atoms with Gasteiger partial charge in [0.2, 0.25) is 0 Å². The lowest BCUT2D eigenvalue weighted by Gasteiger charge is -2.22. The van der Waals surface area contributed by atoms with Crippen LogP contribution < -0.4 is 0 Å². The molecule has 2 heterocycles. The zero-order valence-electron chi connectivity index (χ0n) is 11.7. The lowest BCUT2D eigenvalue weighted by atomic mass is 10.1. The third-order valence-electron chi connectivity index (χ3n) is 3.93. The average Bonchev–Trinajstić information content (AvgIpc) is 3.09. The molecule has 4 heteroatoms. The topological polar surface area (TPSA) is 29.3 Å². The Morgan fingerprint density at radius 2 is 2.15 bits per heavy atom. The van der Waals surface area contributed by atoms with Gasteiger partial charge in [0.1, 0.15) is 0 Å². The number of halogens is 1. The summed E-state index contributed by atoms with van der Waals surface area (Å²) in [6, 6.07) is 10.5. The largest absolute Gasteiger partial charge is 0.359 e. The Morgan fingerprint density at radius 1 is 1.35 bits per heavy atom. The maximum Gasteiger partial charge on any atom is 0.154 e. The molecule has 0 radical (unpaired) electrons. The van der Waals surface area contributed by atoms with E-state index in [1.54, 1.807) is 0 Å². The van der Waals surface area contributed by atoms with E-state index in [0.717, 1.165) is 42.4 Å². The Morgan fingerprint density at radius 3 is 2.85 bits per heavy atom. The molecule has 0 unspecified atom stereocenters. The second-order valence-corrected chi connectivity index (χ2v) is 5.77. The van der Waals surface area contributed by atoms with Gasteiger partial charge in [0, 0.05) is 17.6 Å². The number of aromatic nitrogens is 1. The molecule has 0 amide bonds. The summed E-state index contributed by atoms with van der Waals surface area (Å²) in [4.78, 5) is 2.46. The zero-order valence-corrected chi connectivity index (χ0v) is 12.4. The highest BCUT2D eigenvalue weighted by atomic mass is 35.5. The molecule has 106 valence electrons. The van der Waals surface area contributed by atoms with E-state index in [-0.39, 0.29) is 0 Å². The first-order chi connectivity index (χ1) is 9.76. The van der Waals surface area contributed by atoms with Crippen molar-refractivity contribution in [1.29, 1.82) is 0 Å². The fraction of sp³-hybridized carbons (Fsp3) is 0.438. The Balaban J connectivity index is 1.73. The lowest BCUT2D eigenvalue weighted by molar-refractivity contribution is 0.206. The molecule has 1 saturated heterocycles. The average molecular weight is 291 g/mol. The van der Waals surface area contributed by atoms with Gasteiger partial charge < -0.3 is 4.52 Å². The molecule has 1 atom stereocenters. The molecule has 0 aliphatic carbocycles. The van der Waals surface area contributed by atoms with Crippen LogP contribution in [0.3, 0.4) is 0 Å². The van der Waals surface area contributed by atoms with Crippen molar-refractivity contribution in [3.8, 4) is 0 Å². The first-order valence-corrected chi connectivity index (χ1v) is 7.58. The maximum atomic E-state index is 5.93. The van der Waals surface area contributed by atoms with E-state index in [4.69, 9.17) is 16.1 Å². The van der Waals surface area contributed by atoms with E-state index in [1.807, 2.05) is 12.1 Å². The predicted molar refractivity (Wildman–Crippen MR) is 79.7 cm³/mol. The van der Waals surface area contributed by atoms with Crippen LogP contribution in [0.4, 0.5) is 0 Å². The zero-order chi connectivity index (χ0) is 13.9. The fourth-order valence-electron chi connectivity index (χ4n) is 2.81. The van der Waals surface area contributed by atoms with Crippen LogP contribution in [0.15, 0.2) is 34.9 Å². The van der Waals surface area contributed by atoms with Crippen LogP contribution in [0.2, 0.25) is 5.02 Å². The van der Waals surface area contributed by atoms with Crippen molar-refractivity contribution in [3.05, 3.63) is 52.4 Å². The van der Waals surface area contributed by atoms with E-state index in [0.29, 0.717) is 6.04 Å². The van der Waals surface area contributed by atoms with E-state index in [2.05, 4.69) is 35.2 Å². The van der Waals surface area contributed by atoms with Gasteiger partial charge in [-0.3, -0.25) is 4.90 Å². The highest BCUT2D eigenvalue weighted by Crippen LogP contribution is 2.33. The molecular weight excluding hydrogens is 272 g/mol. The minimum absolute atomic E-state index is 0.360. The number of aryl methyl sites for hydroxylation is 1. The Labute approximate surface area is 124 Å². The number of likely N-dealkylation sites (tertiary alicyclic amines) is 1. The highest BCUT2D eigenvalue weighted by molar-refractivity contribution is 6.30. The maximum absolute atomic E-state index is 5.93. The van der Waals surface area contributed by atoms with Gasteiger partial charge >= 0.3 is 0 Å². The van der Waals surface area contributed by atoms with Gasteiger partial charge in [-0.1, -0.05) is 35.8 Å². The van der Waals surface area contributed by atoms with Crippen LogP contribution in [0, 0.1) is 0 Å². The molecule has 1 fully saturated rings. The number of hydrogen-bond acceptors (Lipinski definition) is 3. The molecule has 0 saturated carbocycles. The van der Waals surface area contributed by atoms with Gasteiger partial charge in [-0.15, -0.1) is 0 Å². The van der Waals surface area contributed by atoms with Crippen molar-refractivity contribution in [3.63, 3.8) is 0 Å². The van der Waals surface area contributed by atoms with E-state index in [9.17, 15) is 0 Å². The number of benzene rings is 1. The molecule has 0 bridgehead atoms. The number of nitrogens with zero attached hydrogens (tertiary/aromatic N) is 2. The van der Waals surface area contributed by atoms with Crippen LogP contribution >= 0.6 is 11.6 Å². The van der Waals surface area contributed by atoms with Crippen LogP contribution in [-0.4, -0.2) is 16.6 Å². The van der Waals surface area contributed by atoms with Crippen LogP contribution in [0.5, 0.6) is 0 Å². The Kier molecular flexibility index (Phi) is 4.08. The van der Waals surface area contributed by atoms with Gasteiger partial charge in [-0.2, -0.15) is 0 Å². The second-order valence-electron chi connectivity index (χ2n) is 5.33. The summed E-state index contributed by atoms with van der Waals surface area (Å²) in [5, 5.41) is 4.90. The molecule has 3 nitrogen and oxygen atoms in total. The molecule has 3 rings (SSSR count). The SMILES string of the molecule is CCc1cc([C@H]2CCCN2Cc2ccc(Cl)cc2)on1. The summed E-state index contributed by atoms with van der Waals surface area (Å²) >= 11 is 5.93. The first-order valence-electron chi connectivity index (χ1n) is 7.20. The predicted octanol–water partition coefficient (Wildman–Crippen LogP) is 4.23. The van der Waals surface area contributed by atoms with Crippen molar-refractivity contribution in [2.75, 3.05) is 6.54 Å². The van der Waals surface area contributed by atoms with E-state index < -0.39 is 0 Å². The summed E-state index contributed by atoms with van der Waals surface area (Å²) in [7, 11) is 0. The number of hydrogen-bond donors (Lipinski definition) is 0. The first kappa shape index (κ1) is 13.7. The molecule has 1 aromatic carbocycles. The molecule has 1 aromatic heterocycles. The van der Waals surface area contributed by atoms with Crippen LogP contribution in [-0.2, 0) is 13.0 Å². The third-order valence-corrected chi connectivity index (χ3v) is 4.18. The van der Waals surface area contributed by atoms with Crippen molar-refractivity contribution >= 4 is 11.6 Å². The minimum atomic E-state index is 0.360. The summed E-state index contributed by atoms with van der Waals surface area (Å²) in [5.41, 5.74) is 2.33. The normalized spacial score (nSPS) is 19.6. The minimum Gasteiger partial charge on any atom is -0.359 e. The van der Waals surface area contributed by atoms with Gasteiger partial charge in [0.05, 0.1) is 11.7 Å². The molecule has 2 aromatic rings. The molecule has 0 spiro atoms. The second kappa shape index (κ2) is 5.98. The molecular formula is C16H19ClN2O. The Hall–Kier alpha value is -1.32. The quantitative estimate of drug-likeness (QED) is 0.844. The van der Waals surface area contributed by atoms with Gasteiger partial charge in [0.25, 0.3) is 0 Å². The van der Waals surface area contributed by atoms with Crippen LogP contribution in [0.1, 0.15) is 42.8 Å². The standard InChI is InChI=1S/C16H19ClN2O/c1-2-14-10-16(20-18-14)15-4-3-9-19(15)11-12-5-7-13(17)8-6-12/h5-8,10,15H,2-4,9,11H2,1H3/t15-/m1/s1. The van der Waals surface area contributed by atoms with Gasteiger partial charge in [-0.25, -0.2) is 0 Å². The fourth-order valence-corrected chi connectivity index (χ4v) is 2.94. The summed E-state index contributed by atoms with van der Waals surface area (Å²) in [6.07, 6.45) is 3.28. The van der Waals surface area contributed by atoms with Crippen molar-refractivity contribution < 1.29 is 4.52 Å². The molecule has 1 aliphatic rings. The number of rotatable bonds is 4. The van der Waals surface area contributed by atoms with Gasteiger partial charge in [0.15, 0.2) is 5.76 Å². The van der Waals surface area contributed by atoms with E-state index >= 15 is 0 Å². The summed E-state index contributed by atoms with van der Waals surface area (Å²) in [5.74, 6) is 1.01. The monoisotopic (exact) mass is 290 g/mol. The molecule has 20 heavy (non-hydrogen) atoms. The van der Waals surface area contributed by atoms with Crippen molar-refractivity contribution in [2.45, 2.75) is 38.8 Å². The van der Waals surface area contributed by atoms with Crippen molar-refractivity contribution in [2.24, 2.45) is 0 Å². The van der Waals surface area contributed by atoms with E-state index in [1.165, 1.54) is 12.0 Å². The summed E-state index contributed by atoms with van der Waals surface area (Å²) < 4.78 is 5.51. The third kappa shape index (κ3) is 2.89.